The van der Waals surface area contributed by atoms with E-state index >= 15 is 0 Å². The van der Waals surface area contributed by atoms with Gasteiger partial charge in [0.2, 0.25) is 0 Å². The third-order valence-corrected chi connectivity index (χ3v) is 4.58. The van der Waals surface area contributed by atoms with Crippen LogP contribution >= 0.6 is 0 Å². The van der Waals surface area contributed by atoms with Gasteiger partial charge >= 0.3 is 0 Å². The summed E-state index contributed by atoms with van der Waals surface area (Å²) < 4.78 is 0. The van der Waals surface area contributed by atoms with Gasteiger partial charge in [-0.3, -0.25) is 0 Å². The molecular formula is C23H19N. The maximum absolute atomic E-state index is 5.04. The van der Waals surface area contributed by atoms with Crippen molar-refractivity contribution < 1.29 is 0 Å². The van der Waals surface area contributed by atoms with E-state index in [0.29, 0.717) is 0 Å². The van der Waals surface area contributed by atoms with Crippen LogP contribution in [0.2, 0.25) is 0 Å². The molecule has 0 radical (unpaired) electrons. The molecule has 1 nitrogen and oxygen atoms in total. The van der Waals surface area contributed by atoms with Crippen molar-refractivity contribution >= 4 is 10.9 Å². The maximum atomic E-state index is 5.04. The van der Waals surface area contributed by atoms with Crippen LogP contribution in [-0.2, 0) is 0 Å². The van der Waals surface area contributed by atoms with Crippen LogP contribution in [0.3, 0.4) is 0 Å². The molecule has 4 aromatic rings. The molecule has 4 rings (SSSR count). The number of nitrogens with zero attached hydrogens (tertiary/aromatic N) is 1. The van der Waals surface area contributed by atoms with Crippen molar-refractivity contribution in [1.82, 2.24) is 4.98 Å². The van der Waals surface area contributed by atoms with Crippen LogP contribution in [0.1, 0.15) is 11.1 Å². The van der Waals surface area contributed by atoms with Crippen LogP contribution in [-0.4, -0.2) is 4.98 Å². The predicted octanol–water partition coefficient (Wildman–Crippen LogP) is 6.19. The Morgan fingerprint density at radius 1 is 0.625 bits per heavy atom. The lowest BCUT2D eigenvalue weighted by Gasteiger charge is -2.16. The third-order valence-electron chi connectivity index (χ3n) is 4.58. The Morgan fingerprint density at radius 3 is 1.92 bits per heavy atom. The van der Waals surface area contributed by atoms with E-state index in [9.17, 15) is 0 Å². The molecule has 1 heteroatoms. The van der Waals surface area contributed by atoms with E-state index in [0.717, 1.165) is 16.8 Å². The summed E-state index contributed by atoms with van der Waals surface area (Å²) in [6.45, 7) is 4.37. The first-order valence-corrected chi connectivity index (χ1v) is 8.26. The third kappa shape index (κ3) is 2.39. The Morgan fingerprint density at radius 2 is 1.25 bits per heavy atom. The average molecular weight is 309 g/mol. The molecule has 0 bridgehead atoms. The zero-order valence-electron chi connectivity index (χ0n) is 14.0. The summed E-state index contributed by atoms with van der Waals surface area (Å²) in [4.78, 5) is 5.04. The van der Waals surface area contributed by atoms with Crippen molar-refractivity contribution in [2.45, 2.75) is 13.8 Å². The topological polar surface area (TPSA) is 12.9 Å². The fraction of sp³-hybridized carbons (Fsp3) is 0.0870. The van der Waals surface area contributed by atoms with Crippen molar-refractivity contribution in [2.24, 2.45) is 0 Å². The van der Waals surface area contributed by atoms with Crippen molar-refractivity contribution in [3.05, 3.63) is 90.0 Å². The maximum Gasteiger partial charge on any atom is 0.0790 e. The molecule has 0 fully saturated rings. The highest BCUT2D eigenvalue weighted by Gasteiger charge is 2.16. The number of pyridine rings is 1. The SMILES string of the molecule is Cc1cccc2nc(-c3ccccc3)c(-c3ccccc3)c(C)c12. The molecule has 0 N–H and O–H groups in total. The zero-order valence-corrected chi connectivity index (χ0v) is 14.0. The number of aryl methyl sites for hydroxylation is 2. The zero-order chi connectivity index (χ0) is 16.5. The van der Waals surface area contributed by atoms with Gasteiger partial charge < -0.3 is 0 Å². The predicted molar refractivity (Wildman–Crippen MR) is 102 cm³/mol. The normalized spacial score (nSPS) is 10.9. The summed E-state index contributed by atoms with van der Waals surface area (Å²) in [7, 11) is 0. The van der Waals surface area contributed by atoms with Gasteiger partial charge in [-0.05, 0) is 36.6 Å². The van der Waals surface area contributed by atoms with Crippen LogP contribution in [0.5, 0.6) is 0 Å². The number of benzene rings is 3. The molecule has 0 saturated carbocycles. The van der Waals surface area contributed by atoms with Crippen molar-refractivity contribution in [3.63, 3.8) is 0 Å². The van der Waals surface area contributed by atoms with Crippen LogP contribution in [0.15, 0.2) is 78.9 Å². The van der Waals surface area contributed by atoms with Crippen LogP contribution in [0, 0.1) is 13.8 Å². The lowest BCUT2D eigenvalue weighted by molar-refractivity contribution is 1.34. The van der Waals surface area contributed by atoms with E-state index in [-0.39, 0.29) is 0 Å². The van der Waals surface area contributed by atoms with E-state index in [1.54, 1.807) is 0 Å². The van der Waals surface area contributed by atoms with Crippen molar-refractivity contribution in [2.75, 3.05) is 0 Å². The molecule has 0 unspecified atom stereocenters. The fourth-order valence-electron chi connectivity index (χ4n) is 3.48. The van der Waals surface area contributed by atoms with Crippen LogP contribution < -0.4 is 0 Å². The largest absolute Gasteiger partial charge is 0.247 e. The Hall–Kier alpha value is -2.93. The van der Waals surface area contributed by atoms with E-state index in [1.165, 1.54) is 27.6 Å². The quantitative estimate of drug-likeness (QED) is 0.430. The highest BCUT2D eigenvalue weighted by atomic mass is 14.7. The van der Waals surface area contributed by atoms with Gasteiger partial charge in [0.25, 0.3) is 0 Å². The molecule has 1 heterocycles. The minimum atomic E-state index is 1.05. The molecule has 0 saturated heterocycles. The minimum Gasteiger partial charge on any atom is -0.247 e. The summed E-state index contributed by atoms with van der Waals surface area (Å²) in [5.74, 6) is 0. The Bertz CT molecular complexity index is 1000. The lowest BCUT2D eigenvalue weighted by atomic mass is 9.91. The Kier molecular flexibility index (Phi) is 3.62. The molecule has 3 aromatic carbocycles. The lowest BCUT2D eigenvalue weighted by Crippen LogP contribution is -1.96. The summed E-state index contributed by atoms with van der Waals surface area (Å²) in [6.07, 6.45) is 0. The first-order chi connectivity index (χ1) is 11.8. The standard InChI is InChI=1S/C23H19N/c1-16-10-9-15-20-21(16)17(2)22(18-11-5-3-6-12-18)23(24-20)19-13-7-4-8-14-19/h3-15H,1-2H3. The summed E-state index contributed by atoms with van der Waals surface area (Å²) in [6, 6.07) is 27.4. The van der Waals surface area contributed by atoms with Gasteiger partial charge in [-0.2, -0.15) is 0 Å². The van der Waals surface area contributed by atoms with E-state index in [1.807, 2.05) is 6.07 Å². The van der Waals surface area contributed by atoms with E-state index < -0.39 is 0 Å². The number of hydrogen-bond acceptors (Lipinski definition) is 1. The molecule has 116 valence electrons. The summed E-state index contributed by atoms with van der Waals surface area (Å²) in [5.41, 5.74) is 8.28. The molecule has 0 aliphatic heterocycles. The first-order valence-electron chi connectivity index (χ1n) is 8.26. The Labute approximate surface area is 142 Å². The molecule has 0 aliphatic carbocycles. The van der Waals surface area contributed by atoms with Gasteiger partial charge in [-0.25, -0.2) is 4.98 Å². The van der Waals surface area contributed by atoms with Crippen molar-refractivity contribution in [1.29, 1.82) is 0 Å². The van der Waals surface area contributed by atoms with Crippen LogP contribution in [0.4, 0.5) is 0 Å². The molecule has 24 heavy (non-hydrogen) atoms. The summed E-state index contributed by atoms with van der Waals surface area (Å²) >= 11 is 0. The number of fused-ring (bicyclic) bond motifs is 1. The fourth-order valence-corrected chi connectivity index (χ4v) is 3.48. The van der Waals surface area contributed by atoms with Gasteiger partial charge in [0.15, 0.2) is 0 Å². The van der Waals surface area contributed by atoms with Gasteiger partial charge in [-0.1, -0.05) is 72.8 Å². The minimum absolute atomic E-state index is 1.05. The average Bonchev–Trinajstić information content (AvgIpc) is 2.63. The van der Waals surface area contributed by atoms with Crippen LogP contribution in [0.25, 0.3) is 33.3 Å². The molecule has 0 atom stereocenters. The second kappa shape index (κ2) is 5.93. The number of rotatable bonds is 2. The van der Waals surface area contributed by atoms with Gasteiger partial charge in [0.1, 0.15) is 0 Å². The molecule has 1 aromatic heterocycles. The molecule has 0 aliphatic rings. The number of hydrogen-bond donors (Lipinski definition) is 0. The molecule has 0 amide bonds. The second-order valence-corrected chi connectivity index (χ2v) is 6.16. The van der Waals surface area contributed by atoms with Gasteiger partial charge in [-0.15, -0.1) is 0 Å². The van der Waals surface area contributed by atoms with E-state index in [4.69, 9.17) is 4.98 Å². The monoisotopic (exact) mass is 309 g/mol. The van der Waals surface area contributed by atoms with Gasteiger partial charge in [0, 0.05) is 16.5 Å². The van der Waals surface area contributed by atoms with E-state index in [2.05, 4.69) is 86.6 Å². The Balaban J connectivity index is 2.14. The molecular weight excluding hydrogens is 290 g/mol. The molecule has 0 spiro atoms. The first kappa shape index (κ1) is 14.6. The van der Waals surface area contributed by atoms with Gasteiger partial charge in [0.05, 0.1) is 11.2 Å². The second-order valence-electron chi connectivity index (χ2n) is 6.16. The highest BCUT2D eigenvalue weighted by molar-refractivity contribution is 5.97. The number of aromatic nitrogens is 1. The highest BCUT2D eigenvalue weighted by Crippen LogP contribution is 2.37. The summed E-state index contributed by atoms with van der Waals surface area (Å²) in [5, 5.41) is 1.26. The van der Waals surface area contributed by atoms with Crippen molar-refractivity contribution in [3.8, 4) is 22.4 Å². The smallest absolute Gasteiger partial charge is 0.0790 e.